The molecule has 70 valence electrons. The molecule has 13 heavy (non-hydrogen) atoms. The van der Waals surface area contributed by atoms with E-state index in [1.807, 2.05) is 0 Å². The minimum absolute atomic E-state index is 0.237. The molecular formula is C8H6F2O3. The Balaban J connectivity index is 3.20. The van der Waals surface area contributed by atoms with Crippen LogP contribution in [0, 0.1) is 11.6 Å². The molecule has 1 N–H and O–H groups in total. The lowest BCUT2D eigenvalue weighted by Crippen LogP contribution is -2.02. The van der Waals surface area contributed by atoms with Crippen LogP contribution in [0.3, 0.4) is 0 Å². The van der Waals surface area contributed by atoms with E-state index in [-0.39, 0.29) is 5.56 Å². The van der Waals surface area contributed by atoms with Gasteiger partial charge < -0.3 is 9.84 Å². The fraction of sp³-hybridized carbons (Fsp3) is 0.125. The zero-order valence-corrected chi connectivity index (χ0v) is 6.67. The van der Waals surface area contributed by atoms with Crippen LogP contribution in [0.1, 0.15) is 10.4 Å². The monoisotopic (exact) mass is 188 g/mol. The Hall–Kier alpha value is -1.65. The van der Waals surface area contributed by atoms with Crippen molar-refractivity contribution < 1.29 is 23.4 Å². The highest BCUT2D eigenvalue weighted by Crippen LogP contribution is 2.20. The zero-order chi connectivity index (χ0) is 10.0. The van der Waals surface area contributed by atoms with Gasteiger partial charge in [0.2, 0.25) is 0 Å². The predicted octanol–water partition coefficient (Wildman–Crippen LogP) is 1.46. The van der Waals surface area contributed by atoms with Crippen LogP contribution < -0.4 is 0 Å². The summed E-state index contributed by atoms with van der Waals surface area (Å²) in [5, 5.41) is 8.80. The summed E-state index contributed by atoms with van der Waals surface area (Å²) in [5.74, 6) is -4.43. The van der Waals surface area contributed by atoms with Crippen LogP contribution in [-0.4, -0.2) is 18.2 Å². The Labute approximate surface area is 72.6 Å². The summed E-state index contributed by atoms with van der Waals surface area (Å²) in [4.78, 5) is 10.8. The maximum absolute atomic E-state index is 12.6. The number of benzene rings is 1. The lowest BCUT2D eigenvalue weighted by atomic mass is 10.2. The molecule has 0 aromatic heterocycles. The number of carbonyl (C=O) groups is 1. The SMILES string of the molecule is COC(=O)c1cc(O)c(F)c(F)c1. The number of carbonyl (C=O) groups excluding carboxylic acids is 1. The van der Waals surface area contributed by atoms with E-state index in [1.54, 1.807) is 0 Å². The lowest BCUT2D eigenvalue weighted by molar-refractivity contribution is 0.0599. The molecule has 0 saturated carbocycles. The molecule has 1 aromatic carbocycles. The maximum Gasteiger partial charge on any atom is 0.338 e. The number of methoxy groups -OCH3 is 1. The summed E-state index contributed by atoms with van der Waals surface area (Å²) in [6, 6.07) is 1.45. The fourth-order valence-corrected chi connectivity index (χ4v) is 0.810. The summed E-state index contributed by atoms with van der Waals surface area (Å²) < 4.78 is 29.3. The number of rotatable bonds is 1. The first-order valence-electron chi connectivity index (χ1n) is 3.32. The molecule has 5 heteroatoms. The van der Waals surface area contributed by atoms with Crippen molar-refractivity contribution in [2.24, 2.45) is 0 Å². The van der Waals surface area contributed by atoms with Crippen LogP contribution in [0.15, 0.2) is 12.1 Å². The van der Waals surface area contributed by atoms with Gasteiger partial charge >= 0.3 is 5.97 Å². The van der Waals surface area contributed by atoms with Crippen molar-refractivity contribution in [3.8, 4) is 5.75 Å². The summed E-state index contributed by atoms with van der Waals surface area (Å²) >= 11 is 0. The minimum atomic E-state index is -1.38. The third-order valence-electron chi connectivity index (χ3n) is 1.43. The Morgan fingerprint density at radius 1 is 1.46 bits per heavy atom. The summed E-state index contributed by atoms with van der Waals surface area (Å²) in [6.45, 7) is 0. The molecule has 3 nitrogen and oxygen atoms in total. The van der Waals surface area contributed by atoms with Gasteiger partial charge in [0.15, 0.2) is 17.4 Å². The molecule has 0 unspecified atom stereocenters. The molecule has 1 rings (SSSR count). The predicted molar refractivity (Wildman–Crippen MR) is 39.4 cm³/mol. The first-order chi connectivity index (χ1) is 6.06. The zero-order valence-electron chi connectivity index (χ0n) is 6.67. The molecule has 1 aromatic rings. The highest BCUT2D eigenvalue weighted by atomic mass is 19.2. The highest BCUT2D eigenvalue weighted by molar-refractivity contribution is 5.89. The van der Waals surface area contributed by atoms with E-state index in [0.717, 1.165) is 13.2 Å². The standard InChI is InChI=1S/C8H6F2O3/c1-13-8(12)4-2-5(9)7(10)6(11)3-4/h2-3,11H,1H3. The van der Waals surface area contributed by atoms with Crippen LogP contribution in [-0.2, 0) is 4.74 Å². The number of ether oxygens (including phenoxy) is 1. The Morgan fingerprint density at radius 3 is 2.54 bits per heavy atom. The average Bonchev–Trinajstić information content (AvgIpc) is 2.12. The van der Waals surface area contributed by atoms with E-state index in [4.69, 9.17) is 5.11 Å². The minimum Gasteiger partial charge on any atom is -0.505 e. The number of phenolic OH excluding ortho intramolecular Hbond substituents is 1. The first-order valence-corrected chi connectivity index (χ1v) is 3.32. The van der Waals surface area contributed by atoms with Crippen LogP contribution in [0.5, 0.6) is 5.75 Å². The third-order valence-corrected chi connectivity index (χ3v) is 1.43. The van der Waals surface area contributed by atoms with Crippen LogP contribution >= 0.6 is 0 Å². The van der Waals surface area contributed by atoms with Gasteiger partial charge in [-0.1, -0.05) is 0 Å². The number of phenols is 1. The molecule has 0 saturated heterocycles. The molecule has 0 aliphatic carbocycles. The summed E-state index contributed by atoms with van der Waals surface area (Å²) in [7, 11) is 1.10. The van der Waals surface area contributed by atoms with E-state index in [1.165, 1.54) is 0 Å². The molecule has 0 radical (unpaired) electrons. The number of hydrogen-bond acceptors (Lipinski definition) is 3. The Morgan fingerprint density at radius 2 is 2.08 bits per heavy atom. The average molecular weight is 188 g/mol. The second-order valence-corrected chi connectivity index (χ2v) is 2.28. The molecule has 0 heterocycles. The lowest BCUT2D eigenvalue weighted by Gasteiger charge is -2.01. The molecule has 0 fully saturated rings. The van der Waals surface area contributed by atoms with E-state index < -0.39 is 23.4 Å². The fourth-order valence-electron chi connectivity index (χ4n) is 0.810. The van der Waals surface area contributed by atoms with Crippen LogP contribution in [0.4, 0.5) is 8.78 Å². The highest BCUT2D eigenvalue weighted by Gasteiger charge is 2.14. The molecule has 0 atom stereocenters. The number of hydrogen-bond donors (Lipinski definition) is 1. The number of esters is 1. The molecule has 0 spiro atoms. The second-order valence-electron chi connectivity index (χ2n) is 2.28. The normalized spacial score (nSPS) is 9.77. The van der Waals surface area contributed by atoms with Gasteiger partial charge in [0.1, 0.15) is 0 Å². The third kappa shape index (κ3) is 1.74. The molecule has 0 amide bonds. The van der Waals surface area contributed by atoms with Crippen molar-refractivity contribution in [2.45, 2.75) is 0 Å². The van der Waals surface area contributed by atoms with Crippen LogP contribution in [0.2, 0.25) is 0 Å². The second kappa shape index (κ2) is 3.38. The smallest absolute Gasteiger partial charge is 0.338 e. The van der Waals surface area contributed by atoms with Gasteiger partial charge in [0, 0.05) is 0 Å². The van der Waals surface area contributed by atoms with Gasteiger partial charge in [-0.15, -0.1) is 0 Å². The van der Waals surface area contributed by atoms with Gasteiger partial charge in [-0.3, -0.25) is 0 Å². The van der Waals surface area contributed by atoms with Crippen molar-refractivity contribution >= 4 is 5.97 Å². The van der Waals surface area contributed by atoms with E-state index in [9.17, 15) is 13.6 Å². The largest absolute Gasteiger partial charge is 0.505 e. The first kappa shape index (κ1) is 9.44. The van der Waals surface area contributed by atoms with Crippen molar-refractivity contribution in [2.75, 3.05) is 7.11 Å². The van der Waals surface area contributed by atoms with E-state index in [2.05, 4.69) is 4.74 Å². The maximum atomic E-state index is 12.6. The Kier molecular flexibility index (Phi) is 2.46. The van der Waals surface area contributed by atoms with Crippen molar-refractivity contribution in [1.29, 1.82) is 0 Å². The molecule has 0 bridgehead atoms. The van der Waals surface area contributed by atoms with Crippen LogP contribution in [0.25, 0.3) is 0 Å². The van der Waals surface area contributed by atoms with E-state index in [0.29, 0.717) is 6.07 Å². The molecule has 0 aliphatic heterocycles. The Bertz CT molecular complexity index is 326. The van der Waals surface area contributed by atoms with Gasteiger partial charge in [-0.05, 0) is 12.1 Å². The quantitative estimate of drug-likeness (QED) is 0.678. The molecule has 0 aliphatic rings. The van der Waals surface area contributed by atoms with Gasteiger partial charge in [-0.2, -0.15) is 4.39 Å². The van der Waals surface area contributed by atoms with Gasteiger partial charge in [0.25, 0.3) is 0 Å². The number of halogens is 2. The van der Waals surface area contributed by atoms with Crippen molar-refractivity contribution in [1.82, 2.24) is 0 Å². The number of aromatic hydroxyl groups is 1. The summed E-state index contributed by atoms with van der Waals surface area (Å²) in [6.07, 6.45) is 0. The van der Waals surface area contributed by atoms with Crippen molar-refractivity contribution in [3.63, 3.8) is 0 Å². The van der Waals surface area contributed by atoms with E-state index >= 15 is 0 Å². The topological polar surface area (TPSA) is 46.5 Å². The summed E-state index contributed by atoms with van der Waals surface area (Å²) in [5.41, 5.74) is -0.237. The van der Waals surface area contributed by atoms with Gasteiger partial charge in [-0.25, -0.2) is 9.18 Å². The molecular weight excluding hydrogens is 182 g/mol. The van der Waals surface area contributed by atoms with Crippen molar-refractivity contribution in [3.05, 3.63) is 29.3 Å². The van der Waals surface area contributed by atoms with Gasteiger partial charge in [0.05, 0.1) is 12.7 Å².